The zero-order chi connectivity index (χ0) is 21.3. The third-order valence-corrected chi connectivity index (χ3v) is 4.52. The Balaban J connectivity index is 1.46. The first-order valence-electron chi connectivity index (χ1n) is 9.09. The number of aryl methyl sites for hydroxylation is 1. The maximum absolute atomic E-state index is 12.7. The summed E-state index contributed by atoms with van der Waals surface area (Å²) in [5, 5.41) is 15.3. The van der Waals surface area contributed by atoms with Gasteiger partial charge >= 0.3 is 6.18 Å². The van der Waals surface area contributed by atoms with Gasteiger partial charge in [-0.05, 0) is 19.1 Å². The number of anilines is 2. The molecule has 1 amide bonds. The molecular formula is C18H18F3N7O2. The minimum absolute atomic E-state index is 0.144. The van der Waals surface area contributed by atoms with Crippen LogP contribution in [0.25, 0.3) is 0 Å². The lowest BCUT2D eigenvalue weighted by Crippen LogP contribution is -2.42. The fraction of sp³-hybridized carbons (Fsp3) is 0.333. The van der Waals surface area contributed by atoms with Crippen molar-refractivity contribution >= 4 is 17.5 Å². The summed E-state index contributed by atoms with van der Waals surface area (Å²) >= 11 is 0. The van der Waals surface area contributed by atoms with Crippen LogP contribution in [0.5, 0.6) is 0 Å². The molecule has 0 aromatic carbocycles. The number of aromatic nitrogens is 5. The van der Waals surface area contributed by atoms with Crippen molar-refractivity contribution in [2.24, 2.45) is 0 Å². The Bertz CT molecular complexity index is 1050. The lowest BCUT2D eigenvalue weighted by molar-refractivity contribution is -0.141. The molecule has 9 nitrogen and oxygen atoms in total. The molecule has 3 aromatic heterocycles. The molecule has 1 aliphatic rings. The summed E-state index contributed by atoms with van der Waals surface area (Å²) < 4.78 is 44.0. The first kappa shape index (κ1) is 19.9. The van der Waals surface area contributed by atoms with Crippen LogP contribution in [-0.4, -0.2) is 55.9 Å². The average Bonchev–Trinajstić information content (AvgIpc) is 3.37. The number of halogens is 3. The molecule has 3 aromatic rings. The quantitative estimate of drug-likeness (QED) is 0.597. The minimum atomic E-state index is -4.59. The molecule has 1 aliphatic heterocycles. The van der Waals surface area contributed by atoms with Crippen LogP contribution in [0, 0.1) is 6.92 Å². The maximum Gasteiger partial charge on any atom is 0.432 e. The highest BCUT2D eigenvalue weighted by molar-refractivity contribution is 5.92. The molecule has 0 bridgehead atoms. The van der Waals surface area contributed by atoms with Crippen LogP contribution in [0.15, 0.2) is 30.3 Å². The Hall–Kier alpha value is -3.41. The van der Waals surface area contributed by atoms with Gasteiger partial charge in [-0.1, -0.05) is 6.07 Å². The smallest absolute Gasteiger partial charge is 0.368 e. The second kappa shape index (κ2) is 7.78. The lowest BCUT2D eigenvalue weighted by atomic mass is 10.1. The highest BCUT2D eigenvalue weighted by atomic mass is 19.4. The van der Waals surface area contributed by atoms with E-state index in [4.69, 9.17) is 4.74 Å². The van der Waals surface area contributed by atoms with Gasteiger partial charge in [-0.3, -0.25) is 15.0 Å². The zero-order valence-corrected chi connectivity index (χ0v) is 15.8. The predicted octanol–water partition coefficient (Wildman–Crippen LogP) is 2.81. The second-order valence-electron chi connectivity index (χ2n) is 6.78. The molecule has 4 rings (SSSR count). The number of rotatable bonds is 4. The van der Waals surface area contributed by atoms with Gasteiger partial charge in [-0.25, -0.2) is 4.98 Å². The number of nitrogens with one attached hydrogen (secondary N) is 3. The number of aromatic amines is 2. The number of hydrogen-bond donors (Lipinski definition) is 3. The molecule has 1 saturated heterocycles. The fourth-order valence-electron chi connectivity index (χ4n) is 3.06. The summed E-state index contributed by atoms with van der Waals surface area (Å²) in [6, 6.07) is 7.85. The van der Waals surface area contributed by atoms with Crippen molar-refractivity contribution in [3.8, 4) is 0 Å². The standard InChI is InChI=1S/C18H18F3N7O2/c1-10-7-16(27-24-10)23-15-4-2-3-11(22-15)13-9-28(5-6-30-13)17(29)12-8-14(26-25-12)18(19,20)21/h2-4,7-8,13H,5-6,9H2,1H3,(H,25,26)(H2,22,23,24,27)/t13-/m1/s1. The first-order valence-corrected chi connectivity index (χ1v) is 9.09. The Morgan fingerprint density at radius 3 is 2.77 bits per heavy atom. The van der Waals surface area contributed by atoms with Gasteiger partial charge in [0.05, 0.1) is 18.8 Å². The number of H-pyrrole nitrogens is 2. The van der Waals surface area contributed by atoms with Crippen molar-refractivity contribution in [2.45, 2.75) is 19.2 Å². The van der Waals surface area contributed by atoms with Crippen LogP contribution in [-0.2, 0) is 10.9 Å². The minimum Gasteiger partial charge on any atom is -0.368 e. The number of alkyl halides is 3. The number of ether oxygens (including phenoxy) is 1. The average molecular weight is 421 g/mol. The number of nitrogens with zero attached hydrogens (tertiary/aromatic N) is 4. The van der Waals surface area contributed by atoms with Crippen LogP contribution in [0.2, 0.25) is 0 Å². The van der Waals surface area contributed by atoms with E-state index in [1.807, 2.05) is 18.1 Å². The summed E-state index contributed by atoms with van der Waals surface area (Å²) in [7, 11) is 0. The van der Waals surface area contributed by atoms with E-state index in [1.54, 1.807) is 18.2 Å². The third kappa shape index (κ3) is 4.27. The molecule has 4 heterocycles. The van der Waals surface area contributed by atoms with Gasteiger partial charge in [0.1, 0.15) is 17.6 Å². The van der Waals surface area contributed by atoms with Gasteiger partial charge in [-0.2, -0.15) is 23.4 Å². The van der Waals surface area contributed by atoms with E-state index in [-0.39, 0.29) is 25.4 Å². The Labute approximate surface area is 168 Å². The Kier molecular flexibility index (Phi) is 5.16. The molecule has 158 valence electrons. The van der Waals surface area contributed by atoms with Crippen molar-refractivity contribution in [3.05, 3.63) is 53.1 Å². The number of hydrogen-bond acceptors (Lipinski definition) is 6. The van der Waals surface area contributed by atoms with E-state index in [1.165, 1.54) is 4.90 Å². The molecule has 0 spiro atoms. The topological polar surface area (TPSA) is 112 Å². The van der Waals surface area contributed by atoms with Crippen molar-refractivity contribution < 1.29 is 22.7 Å². The van der Waals surface area contributed by atoms with E-state index >= 15 is 0 Å². The third-order valence-electron chi connectivity index (χ3n) is 4.52. The van der Waals surface area contributed by atoms with Crippen molar-refractivity contribution in [1.82, 2.24) is 30.3 Å². The van der Waals surface area contributed by atoms with Gasteiger partial charge in [0, 0.05) is 24.4 Å². The van der Waals surface area contributed by atoms with Crippen LogP contribution in [0.4, 0.5) is 24.8 Å². The molecular weight excluding hydrogens is 403 g/mol. The van der Waals surface area contributed by atoms with Crippen LogP contribution in [0.1, 0.15) is 33.7 Å². The molecule has 30 heavy (non-hydrogen) atoms. The molecule has 0 saturated carbocycles. The van der Waals surface area contributed by atoms with E-state index in [0.717, 1.165) is 5.69 Å². The monoisotopic (exact) mass is 421 g/mol. The molecule has 1 atom stereocenters. The van der Waals surface area contributed by atoms with Gasteiger partial charge < -0.3 is 15.0 Å². The van der Waals surface area contributed by atoms with Crippen LogP contribution in [0.3, 0.4) is 0 Å². The van der Waals surface area contributed by atoms with Crippen LogP contribution >= 0.6 is 0 Å². The lowest BCUT2D eigenvalue weighted by Gasteiger charge is -2.32. The second-order valence-corrected chi connectivity index (χ2v) is 6.78. The molecule has 3 N–H and O–H groups in total. The van der Waals surface area contributed by atoms with Crippen LogP contribution < -0.4 is 5.32 Å². The van der Waals surface area contributed by atoms with E-state index in [0.29, 0.717) is 23.4 Å². The van der Waals surface area contributed by atoms with Crippen molar-refractivity contribution in [3.63, 3.8) is 0 Å². The Morgan fingerprint density at radius 2 is 2.07 bits per heavy atom. The van der Waals surface area contributed by atoms with Crippen molar-refractivity contribution in [1.29, 1.82) is 0 Å². The van der Waals surface area contributed by atoms with Crippen molar-refractivity contribution in [2.75, 3.05) is 25.0 Å². The highest BCUT2D eigenvalue weighted by Crippen LogP contribution is 2.28. The summed E-state index contributed by atoms with van der Waals surface area (Å²) in [6.07, 6.45) is -5.12. The molecule has 0 aliphatic carbocycles. The van der Waals surface area contributed by atoms with E-state index in [9.17, 15) is 18.0 Å². The molecule has 12 heteroatoms. The van der Waals surface area contributed by atoms with Gasteiger partial charge in [0.15, 0.2) is 11.5 Å². The Morgan fingerprint density at radius 1 is 1.23 bits per heavy atom. The number of carbonyl (C=O) groups is 1. The number of amides is 1. The number of carbonyl (C=O) groups excluding carboxylic acids is 1. The van der Waals surface area contributed by atoms with E-state index < -0.39 is 23.9 Å². The first-order chi connectivity index (χ1) is 14.3. The highest BCUT2D eigenvalue weighted by Gasteiger charge is 2.35. The number of pyridine rings is 1. The summed E-state index contributed by atoms with van der Waals surface area (Å²) in [5.74, 6) is 0.557. The van der Waals surface area contributed by atoms with Gasteiger partial charge in [0.2, 0.25) is 0 Å². The fourth-order valence-corrected chi connectivity index (χ4v) is 3.06. The molecule has 1 fully saturated rings. The molecule has 0 unspecified atom stereocenters. The molecule has 0 radical (unpaired) electrons. The summed E-state index contributed by atoms with van der Waals surface area (Å²) in [6.45, 7) is 2.49. The normalized spacial score (nSPS) is 17.2. The van der Waals surface area contributed by atoms with Gasteiger partial charge in [0.25, 0.3) is 5.91 Å². The number of morpholine rings is 1. The SMILES string of the molecule is Cc1cc(Nc2cccc([C@H]3CN(C(=O)c4cc(C(F)(F)F)[nH]n4)CCO3)n2)n[nH]1. The zero-order valence-electron chi connectivity index (χ0n) is 15.8. The summed E-state index contributed by atoms with van der Waals surface area (Å²) in [5.41, 5.74) is 0.123. The van der Waals surface area contributed by atoms with E-state index in [2.05, 4.69) is 25.6 Å². The summed E-state index contributed by atoms with van der Waals surface area (Å²) in [4.78, 5) is 18.5. The maximum atomic E-state index is 12.7. The largest absolute Gasteiger partial charge is 0.432 e. The predicted molar refractivity (Wildman–Crippen MR) is 99.0 cm³/mol. The van der Waals surface area contributed by atoms with Gasteiger partial charge in [-0.15, -0.1) is 0 Å².